The largest absolute Gasteiger partial charge is 0.294 e. The molecule has 1 amide bonds. The third-order valence-corrected chi connectivity index (χ3v) is 4.11. The number of hydrogen-bond donors (Lipinski definition) is 0. The molecule has 1 saturated carbocycles. The zero-order valence-electron chi connectivity index (χ0n) is 7.49. The van der Waals surface area contributed by atoms with Crippen LogP contribution in [0, 0.1) is 0 Å². The molecule has 4 heteroatoms. The Kier molecular flexibility index (Phi) is 2.89. The summed E-state index contributed by atoms with van der Waals surface area (Å²) < 4.78 is 0.803. The Bertz CT molecular complexity index is 220. The molecule has 2 nitrogen and oxygen atoms in total. The SMILES string of the molecule is O=C1CSC(=S)N1C1CCCCC1. The first-order valence-corrected chi connectivity index (χ1v) is 6.17. The minimum atomic E-state index is 0.224. The number of rotatable bonds is 1. The normalized spacial score (nSPS) is 25.7. The number of nitrogens with zero attached hydrogens (tertiary/aromatic N) is 1. The van der Waals surface area contributed by atoms with Crippen LogP contribution in [0.2, 0.25) is 0 Å². The van der Waals surface area contributed by atoms with Crippen LogP contribution in [0.25, 0.3) is 0 Å². The molecule has 13 heavy (non-hydrogen) atoms. The van der Waals surface area contributed by atoms with Crippen molar-refractivity contribution in [3.8, 4) is 0 Å². The van der Waals surface area contributed by atoms with Gasteiger partial charge in [0.1, 0.15) is 4.32 Å². The molecular formula is C9H13NOS2. The van der Waals surface area contributed by atoms with E-state index >= 15 is 0 Å². The van der Waals surface area contributed by atoms with Gasteiger partial charge in [0.25, 0.3) is 0 Å². The van der Waals surface area contributed by atoms with Crippen LogP contribution in [0.5, 0.6) is 0 Å². The van der Waals surface area contributed by atoms with Crippen LogP contribution in [0.15, 0.2) is 0 Å². The van der Waals surface area contributed by atoms with Gasteiger partial charge in [-0.05, 0) is 12.8 Å². The fourth-order valence-electron chi connectivity index (χ4n) is 2.06. The number of thiocarbonyl (C=S) groups is 1. The van der Waals surface area contributed by atoms with Crippen LogP contribution >= 0.6 is 24.0 Å². The van der Waals surface area contributed by atoms with Gasteiger partial charge in [0.15, 0.2) is 0 Å². The van der Waals surface area contributed by atoms with E-state index in [0.717, 1.165) is 17.2 Å². The molecule has 2 rings (SSSR count). The summed E-state index contributed by atoms with van der Waals surface area (Å²) in [5.41, 5.74) is 0. The van der Waals surface area contributed by atoms with Gasteiger partial charge >= 0.3 is 0 Å². The minimum absolute atomic E-state index is 0.224. The molecule has 1 aliphatic heterocycles. The van der Waals surface area contributed by atoms with Gasteiger partial charge in [0.05, 0.1) is 5.75 Å². The lowest BCUT2D eigenvalue weighted by molar-refractivity contribution is -0.125. The average Bonchev–Trinajstić information content (AvgIpc) is 2.48. The Labute approximate surface area is 88.1 Å². The van der Waals surface area contributed by atoms with Crippen molar-refractivity contribution in [2.75, 3.05) is 5.75 Å². The molecule has 1 aliphatic carbocycles. The Morgan fingerprint density at radius 1 is 1.31 bits per heavy atom. The van der Waals surface area contributed by atoms with Gasteiger partial charge < -0.3 is 0 Å². The van der Waals surface area contributed by atoms with E-state index in [9.17, 15) is 4.79 Å². The summed E-state index contributed by atoms with van der Waals surface area (Å²) in [5, 5.41) is 0. The number of hydrogen-bond acceptors (Lipinski definition) is 3. The summed E-state index contributed by atoms with van der Waals surface area (Å²) >= 11 is 6.68. The van der Waals surface area contributed by atoms with Crippen molar-refractivity contribution in [1.82, 2.24) is 4.90 Å². The first-order valence-electron chi connectivity index (χ1n) is 4.78. The number of thioether (sulfide) groups is 1. The number of carbonyl (C=O) groups is 1. The highest BCUT2D eigenvalue weighted by Crippen LogP contribution is 2.29. The third-order valence-electron chi connectivity index (χ3n) is 2.72. The molecular weight excluding hydrogens is 202 g/mol. The molecule has 72 valence electrons. The molecule has 0 spiro atoms. The third kappa shape index (κ3) is 1.89. The van der Waals surface area contributed by atoms with Crippen LogP contribution < -0.4 is 0 Å². The van der Waals surface area contributed by atoms with Gasteiger partial charge in [-0.3, -0.25) is 9.69 Å². The van der Waals surface area contributed by atoms with E-state index in [1.54, 1.807) is 0 Å². The molecule has 0 aromatic carbocycles. The summed E-state index contributed by atoms with van der Waals surface area (Å²) in [5.74, 6) is 0.789. The fourth-order valence-corrected chi connectivity index (χ4v) is 3.26. The van der Waals surface area contributed by atoms with Crippen molar-refractivity contribution in [2.45, 2.75) is 38.1 Å². The van der Waals surface area contributed by atoms with Gasteiger partial charge in [-0.2, -0.15) is 0 Å². The topological polar surface area (TPSA) is 20.3 Å². The Balaban J connectivity index is 2.05. The summed E-state index contributed by atoms with van der Waals surface area (Å²) in [6.45, 7) is 0. The number of carbonyl (C=O) groups excluding carboxylic acids is 1. The van der Waals surface area contributed by atoms with E-state index in [1.165, 1.54) is 31.0 Å². The molecule has 0 atom stereocenters. The molecule has 0 bridgehead atoms. The van der Waals surface area contributed by atoms with Crippen LogP contribution in [-0.4, -0.2) is 26.9 Å². The summed E-state index contributed by atoms with van der Waals surface area (Å²) in [7, 11) is 0. The smallest absolute Gasteiger partial charge is 0.238 e. The Morgan fingerprint density at radius 2 is 2.00 bits per heavy atom. The lowest BCUT2D eigenvalue weighted by atomic mass is 9.94. The van der Waals surface area contributed by atoms with Gasteiger partial charge in [-0.1, -0.05) is 43.2 Å². The maximum absolute atomic E-state index is 11.5. The zero-order chi connectivity index (χ0) is 9.26. The molecule has 1 heterocycles. The molecule has 2 fully saturated rings. The maximum atomic E-state index is 11.5. The standard InChI is InChI=1S/C9H13NOS2/c11-8-6-13-9(12)10(8)7-4-2-1-3-5-7/h7H,1-6H2. The van der Waals surface area contributed by atoms with Gasteiger partial charge in [0.2, 0.25) is 5.91 Å². The lowest BCUT2D eigenvalue weighted by Crippen LogP contribution is -2.39. The van der Waals surface area contributed by atoms with E-state index in [0.29, 0.717) is 11.8 Å². The van der Waals surface area contributed by atoms with E-state index in [-0.39, 0.29) is 5.91 Å². The van der Waals surface area contributed by atoms with Gasteiger partial charge in [-0.15, -0.1) is 0 Å². The predicted octanol–water partition coefficient (Wildman–Crippen LogP) is 2.18. The average molecular weight is 215 g/mol. The van der Waals surface area contributed by atoms with Crippen LogP contribution in [0.3, 0.4) is 0 Å². The van der Waals surface area contributed by atoms with Crippen LogP contribution in [0.4, 0.5) is 0 Å². The highest BCUT2D eigenvalue weighted by Gasteiger charge is 2.33. The van der Waals surface area contributed by atoms with Crippen LogP contribution in [-0.2, 0) is 4.79 Å². The molecule has 1 saturated heterocycles. The molecule has 0 unspecified atom stereocenters. The summed E-state index contributed by atoms with van der Waals surface area (Å²) in [6.07, 6.45) is 6.11. The molecule has 2 aliphatic rings. The van der Waals surface area contributed by atoms with E-state index in [4.69, 9.17) is 12.2 Å². The first-order chi connectivity index (χ1) is 6.29. The van der Waals surface area contributed by atoms with E-state index in [2.05, 4.69) is 0 Å². The second kappa shape index (κ2) is 3.96. The summed E-state index contributed by atoms with van der Waals surface area (Å²) in [4.78, 5) is 13.4. The predicted molar refractivity (Wildman–Crippen MR) is 58.8 cm³/mol. The van der Waals surface area contributed by atoms with Crippen LogP contribution in [0.1, 0.15) is 32.1 Å². The maximum Gasteiger partial charge on any atom is 0.238 e. The lowest BCUT2D eigenvalue weighted by Gasteiger charge is -2.30. The minimum Gasteiger partial charge on any atom is -0.294 e. The zero-order valence-corrected chi connectivity index (χ0v) is 9.12. The summed E-state index contributed by atoms with van der Waals surface area (Å²) in [6, 6.07) is 0.420. The monoisotopic (exact) mass is 215 g/mol. The molecule has 0 radical (unpaired) electrons. The molecule has 0 N–H and O–H groups in total. The van der Waals surface area contributed by atoms with Gasteiger partial charge in [0, 0.05) is 6.04 Å². The Hall–Kier alpha value is -0.0900. The van der Waals surface area contributed by atoms with Crippen molar-refractivity contribution < 1.29 is 4.79 Å². The molecule has 0 aromatic heterocycles. The number of amides is 1. The highest BCUT2D eigenvalue weighted by atomic mass is 32.2. The fraction of sp³-hybridized carbons (Fsp3) is 0.778. The quantitative estimate of drug-likeness (QED) is 0.625. The first kappa shape index (κ1) is 9.46. The van der Waals surface area contributed by atoms with E-state index in [1.807, 2.05) is 4.90 Å². The second-order valence-corrected chi connectivity index (χ2v) is 5.22. The molecule has 0 aromatic rings. The van der Waals surface area contributed by atoms with Crippen molar-refractivity contribution in [1.29, 1.82) is 0 Å². The second-order valence-electron chi connectivity index (χ2n) is 3.61. The highest BCUT2D eigenvalue weighted by molar-refractivity contribution is 8.23. The van der Waals surface area contributed by atoms with E-state index < -0.39 is 0 Å². The van der Waals surface area contributed by atoms with Crippen molar-refractivity contribution in [2.24, 2.45) is 0 Å². The Morgan fingerprint density at radius 3 is 2.54 bits per heavy atom. The van der Waals surface area contributed by atoms with Gasteiger partial charge in [-0.25, -0.2) is 0 Å². The van der Waals surface area contributed by atoms with Crippen molar-refractivity contribution in [3.63, 3.8) is 0 Å². The van der Waals surface area contributed by atoms with Crippen molar-refractivity contribution >= 4 is 34.2 Å². The van der Waals surface area contributed by atoms with Crippen molar-refractivity contribution in [3.05, 3.63) is 0 Å².